The van der Waals surface area contributed by atoms with Crippen LogP contribution in [0.15, 0.2) is 23.2 Å². The van der Waals surface area contributed by atoms with E-state index in [-0.39, 0.29) is 4.90 Å². The number of rotatable bonds is 4. The lowest BCUT2D eigenvalue weighted by atomic mass is 10.4. The van der Waals surface area contributed by atoms with Crippen LogP contribution in [0, 0.1) is 0 Å². The van der Waals surface area contributed by atoms with Crippen molar-refractivity contribution < 1.29 is 8.42 Å². The van der Waals surface area contributed by atoms with Crippen molar-refractivity contribution in [3.63, 3.8) is 0 Å². The maximum Gasteiger partial charge on any atom is 0.244 e. The first-order valence-corrected chi connectivity index (χ1v) is 9.02. The average Bonchev–Trinajstić information content (AvgIpc) is 2.69. The fourth-order valence-corrected chi connectivity index (χ4v) is 4.36. The fourth-order valence-electron chi connectivity index (χ4n) is 1.93. The molecule has 2 rings (SSSR count). The minimum absolute atomic E-state index is 0.279. The number of anilines is 1. The molecule has 1 aliphatic rings. The molecule has 1 N–H and O–H groups in total. The van der Waals surface area contributed by atoms with Crippen molar-refractivity contribution in [1.82, 2.24) is 9.29 Å². The highest BCUT2D eigenvalue weighted by Crippen LogP contribution is 2.20. The van der Waals surface area contributed by atoms with Crippen LogP contribution >= 0.6 is 11.8 Å². The largest absolute Gasteiger partial charge is 0.370 e. The summed E-state index contributed by atoms with van der Waals surface area (Å²) in [5.41, 5.74) is 0. The molecule has 0 aliphatic carbocycles. The van der Waals surface area contributed by atoms with Crippen LogP contribution in [0.25, 0.3) is 0 Å². The van der Waals surface area contributed by atoms with Crippen molar-refractivity contribution >= 4 is 27.6 Å². The van der Waals surface area contributed by atoms with E-state index in [9.17, 15) is 8.42 Å². The molecule has 7 heteroatoms. The van der Waals surface area contributed by atoms with E-state index in [1.54, 1.807) is 16.4 Å². The molecule has 0 bridgehead atoms. The van der Waals surface area contributed by atoms with Gasteiger partial charge in [-0.25, -0.2) is 13.4 Å². The first-order valence-electron chi connectivity index (χ1n) is 6.42. The van der Waals surface area contributed by atoms with Crippen molar-refractivity contribution in [3.05, 3.63) is 18.3 Å². The molecule has 2 heterocycles. The third-order valence-electron chi connectivity index (χ3n) is 2.91. The molecule has 106 valence electrons. The Morgan fingerprint density at radius 3 is 2.89 bits per heavy atom. The van der Waals surface area contributed by atoms with Crippen molar-refractivity contribution in [3.8, 4) is 0 Å². The highest BCUT2D eigenvalue weighted by Gasteiger charge is 2.25. The first kappa shape index (κ1) is 14.6. The van der Waals surface area contributed by atoms with Gasteiger partial charge in [-0.1, -0.05) is 0 Å². The van der Waals surface area contributed by atoms with Gasteiger partial charge in [-0.05, 0) is 31.2 Å². The Labute approximate surface area is 118 Å². The van der Waals surface area contributed by atoms with E-state index < -0.39 is 10.0 Å². The quantitative estimate of drug-likeness (QED) is 0.916. The standard InChI is InChI=1S/C12H19N3O2S2/c1-2-13-12-5-4-11(10-14-12)19(16,17)15-6-3-8-18-9-7-15/h4-5,10H,2-3,6-9H2,1H3,(H,13,14). The Hall–Kier alpha value is -0.790. The van der Waals surface area contributed by atoms with Crippen LogP contribution in [0.2, 0.25) is 0 Å². The van der Waals surface area contributed by atoms with Crippen LogP contribution < -0.4 is 5.32 Å². The van der Waals surface area contributed by atoms with Gasteiger partial charge in [0.25, 0.3) is 0 Å². The van der Waals surface area contributed by atoms with E-state index in [2.05, 4.69) is 10.3 Å². The fraction of sp³-hybridized carbons (Fsp3) is 0.583. The Morgan fingerprint density at radius 1 is 1.37 bits per heavy atom. The van der Waals surface area contributed by atoms with Gasteiger partial charge in [-0.3, -0.25) is 0 Å². The Kier molecular flexibility index (Phi) is 5.06. The van der Waals surface area contributed by atoms with Crippen molar-refractivity contribution in [2.24, 2.45) is 0 Å². The third kappa shape index (κ3) is 3.61. The van der Waals surface area contributed by atoms with Crippen LogP contribution in [-0.2, 0) is 10.0 Å². The zero-order valence-corrected chi connectivity index (χ0v) is 12.6. The molecular weight excluding hydrogens is 282 g/mol. The van der Waals surface area contributed by atoms with Crippen molar-refractivity contribution in [2.75, 3.05) is 36.5 Å². The number of hydrogen-bond donors (Lipinski definition) is 1. The molecular formula is C12H19N3O2S2. The molecule has 1 aromatic heterocycles. The third-order valence-corrected chi connectivity index (χ3v) is 5.84. The summed E-state index contributed by atoms with van der Waals surface area (Å²) in [4.78, 5) is 4.41. The SMILES string of the molecule is CCNc1ccc(S(=O)(=O)N2CCCSCC2)cn1. The maximum absolute atomic E-state index is 12.5. The molecule has 0 saturated carbocycles. The van der Waals surface area contributed by atoms with E-state index in [1.807, 2.05) is 18.7 Å². The summed E-state index contributed by atoms with van der Waals surface area (Å²) >= 11 is 1.81. The minimum Gasteiger partial charge on any atom is -0.370 e. The molecule has 1 saturated heterocycles. The van der Waals surface area contributed by atoms with Crippen molar-refractivity contribution in [2.45, 2.75) is 18.2 Å². The summed E-state index contributed by atoms with van der Waals surface area (Å²) in [7, 11) is -3.39. The second-order valence-corrected chi connectivity index (χ2v) is 7.44. The van der Waals surface area contributed by atoms with E-state index in [4.69, 9.17) is 0 Å². The molecule has 0 atom stereocenters. The molecule has 0 spiro atoms. The number of pyridine rings is 1. The van der Waals surface area contributed by atoms with Crippen LogP contribution in [0.4, 0.5) is 5.82 Å². The molecule has 1 aromatic rings. The number of aromatic nitrogens is 1. The number of nitrogens with one attached hydrogen (secondary N) is 1. The lowest BCUT2D eigenvalue weighted by Crippen LogP contribution is -2.33. The molecule has 0 unspecified atom stereocenters. The summed E-state index contributed by atoms with van der Waals surface area (Å²) in [6.07, 6.45) is 2.35. The van der Waals surface area contributed by atoms with Gasteiger partial charge in [0.1, 0.15) is 10.7 Å². The number of thioether (sulfide) groups is 1. The zero-order valence-electron chi connectivity index (χ0n) is 11.0. The van der Waals surface area contributed by atoms with Gasteiger partial charge < -0.3 is 5.32 Å². The second-order valence-electron chi connectivity index (χ2n) is 4.28. The highest BCUT2D eigenvalue weighted by molar-refractivity contribution is 7.99. The predicted molar refractivity (Wildman–Crippen MR) is 79.1 cm³/mol. The Bertz CT molecular complexity index is 494. The van der Waals surface area contributed by atoms with Crippen LogP contribution in [0.3, 0.4) is 0 Å². The Balaban J connectivity index is 2.18. The van der Waals surface area contributed by atoms with E-state index in [1.165, 1.54) is 6.20 Å². The first-order chi connectivity index (χ1) is 9.14. The minimum atomic E-state index is -3.39. The number of sulfonamides is 1. The summed E-state index contributed by atoms with van der Waals surface area (Å²) in [5.74, 6) is 2.60. The van der Waals surface area contributed by atoms with E-state index in [0.717, 1.165) is 24.5 Å². The topological polar surface area (TPSA) is 62.3 Å². The molecule has 0 aromatic carbocycles. The lowest BCUT2D eigenvalue weighted by molar-refractivity contribution is 0.435. The smallest absolute Gasteiger partial charge is 0.244 e. The predicted octanol–water partition coefficient (Wildman–Crippen LogP) is 1.64. The van der Waals surface area contributed by atoms with E-state index >= 15 is 0 Å². The van der Waals surface area contributed by atoms with Gasteiger partial charge in [0.2, 0.25) is 10.0 Å². The Morgan fingerprint density at radius 2 is 2.21 bits per heavy atom. The summed E-state index contributed by atoms with van der Waals surface area (Å²) in [6.45, 7) is 3.93. The summed E-state index contributed by atoms with van der Waals surface area (Å²) in [6, 6.07) is 3.33. The number of nitrogens with zero attached hydrogens (tertiary/aromatic N) is 2. The van der Waals surface area contributed by atoms with Crippen LogP contribution in [0.5, 0.6) is 0 Å². The van der Waals surface area contributed by atoms with Gasteiger partial charge in [-0.15, -0.1) is 0 Å². The van der Waals surface area contributed by atoms with Crippen molar-refractivity contribution in [1.29, 1.82) is 0 Å². The van der Waals surface area contributed by atoms with Crippen LogP contribution in [0.1, 0.15) is 13.3 Å². The second kappa shape index (κ2) is 6.58. The lowest BCUT2D eigenvalue weighted by Gasteiger charge is -2.19. The van der Waals surface area contributed by atoms with Crippen LogP contribution in [-0.4, -0.2) is 48.8 Å². The molecule has 1 fully saturated rings. The molecule has 1 aliphatic heterocycles. The number of hydrogen-bond acceptors (Lipinski definition) is 5. The van der Waals surface area contributed by atoms with Gasteiger partial charge in [0.15, 0.2) is 0 Å². The maximum atomic E-state index is 12.5. The summed E-state index contributed by atoms with van der Waals surface area (Å²) in [5, 5.41) is 3.05. The monoisotopic (exact) mass is 301 g/mol. The summed E-state index contributed by atoms with van der Waals surface area (Å²) < 4.78 is 26.5. The zero-order chi connectivity index (χ0) is 13.7. The van der Waals surface area contributed by atoms with Gasteiger partial charge in [0, 0.05) is 31.6 Å². The van der Waals surface area contributed by atoms with E-state index in [0.29, 0.717) is 18.9 Å². The molecule has 19 heavy (non-hydrogen) atoms. The molecule has 5 nitrogen and oxygen atoms in total. The molecule has 0 radical (unpaired) electrons. The highest BCUT2D eigenvalue weighted by atomic mass is 32.2. The van der Waals surface area contributed by atoms with Gasteiger partial charge in [0.05, 0.1) is 0 Å². The average molecular weight is 301 g/mol. The van der Waals surface area contributed by atoms with Gasteiger partial charge >= 0.3 is 0 Å². The molecule has 0 amide bonds. The van der Waals surface area contributed by atoms with Gasteiger partial charge in [-0.2, -0.15) is 16.1 Å². The normalized spacial score (nSPS) is 17.9.